The van der Waals surface area contributed by atoms with E-state index in [9.17, 15) is 5.11 Å². The summed E-state index contributed by atoms with van der Waals surface area (Å²) in [6, 6.07) is 16.5. The maximum Gasteiger partial charge on any atom is 0.143 e. The molecular formula is C20H15Cl2N3O. The van der Waals surface area contributed by atoms with Crippen LogP contribution in [0.3, 0.4) is 0 Å². The molecular weight excluding hydrogens is 369 g/mol. The van der Waals surface area contributed by atoms with Crippen LogP contribution in [-0.4, -0.2) is 14.5 Å². The predicted octanol–water partition coefficient (Wildman–Crippen LogP) is 6.07. The molecule has 0 aliphatic carbocycles. The summed E-state index contributed by atoms with van der Waals surface area (Å²) in [6.45, 7) is 1.95. The molecule has 0 atom stereocenters. The third-order valence-electron chi connectivity index (χ3n) is 4.18. The van der Waals surface area contributed by atoms with Crippen LogP contribution in [0.2, 0.25) is 10.0 Å². The van der Waals surface area contributed by atoms with Gasteiger partial charge in [-0.25, -0.2) is 4.98 Å². The zero-order valence-corrected chi connectivity index (χ0v) is 15.4. The summed E-state index contributed by atoms with van der Waals surface area (Å²) in [7, 11) is 0. The van der Waals surface area contributed by atoms with Gasteiger partial charge in [0.25, 0.3) is 0 Å². The first kappa shape index (κ1) is 16.8. The van der Waals surface area contributed by atoms with Gasteiger partial charge in [0.2, 0.25) is 0 Å². The van der Waals surface area contributed by atoms with Gasteiger partial charge in [-0.1, -0.05) is 41.4 Å². The summed E-state index contributed by atoms with van der Waals surface area (Å²) in [4.78, 5) is 4.67. The maximum atomic E-state index is 10.3. The van der Waals surface area contributed by atoms with E-state index in [-0.39, 0.29) is 5.75 Å². The van der Waals surface area contributed by atoms with Gasteiger partial charge in [-0.3, -0.25) is 4.40 Å². The smallest absolute Gasteiger partial charge is 0.143 e. The van der Waals surface area contributed by atoms with Gasteiger partial charge in [-0.15, -0.1) is 0 Å². The standard InChI is InChI=1S/C20H15Cl2N3O/c1-12-6-8-14(10-16(12)22)23-20-19(15-4-2-3-5-17(15)26)24-18-9-7-13(21)11-25(18)20/h2-11,23,26H,1H3. The van der Waals surface area contributed by atoms with Crippen LogP contribution in [0.15, 0.2) is 60.8 Å². The van der Waals surface area contributed by atoms with Crippen LogP contribution >= 0.6 is 23.2 Å². The number of fused-ring (bicyclic) bond motifs is 1. The van der Waals surface area contributed by atoms with E-state index in [1.165, 1.54) is 0 Å². The number of para-hydroxylation sites is 1. The topological polar surface area (TPSA) is 49.6 Å². The fraction of sp³-hybridized carbons (Fsp3) is 0.0500. The first-order valence-electron chi connectivity index (χ1n) is 8.02. The van der Waals surface area contributed by atoms with Crippen molar-refractivity contribution in [2.24, 2.45) is 0 Å². The van der Waals surface area contributed by atoms with Gasteiger partial charge in [-0.05, 0) is 48.9 Å². The molecule has 0 fully saturated rings. The molecule has 0 radical (unpaired) electrons. The Kier molecular flexibility index (Phi) is 4.23. The van der Waals surface area contributed by atoms with Crippen LogP contribution in [0.4, 0.5) is 11.5 Å². The van der Waals surface area contributed by atoms with Crippen molar-refractivity contribution in [1.82, 2.24) is 9.38 Å². The number of halogens is 2. The van der Waals surface area contributed by atoms with Crippen LogP contribution < -0.4 is 5.32 Å². The molecule has 2 heterocycles. The SMILES string of the molecule is Cc1ccc(Nc2c(-c3ccccc3O)nc3ccc(Cl)cn23)cc1Cl. The second kappa shape index (κ2) is 6.56. The van der Waals surface area contributed by atoms with Crippen molar-refractivity contribution in [2.75, 3.05) is 5.32 Å². The minimum Gasteiger partial charge on any atom is -0.507 e. The van der Waals surface area contributed by atoms with E-state index in [2.05, 4.69) is 10.3 Å². The molecule has 0 amide bonds. The Balaban J connectivity index is 1.93. The van der Waals surface area contributed by atoms with E-state index >= 15 is 0 Å². The Labute approximate surface area is 160 Å². The highest BCUT2D eigenvalue weighted by Gasteiger charge is 2.17. The molecule has 4 aromatic rings. The number of hydrogen-bond donors (Lipinski definition) is 2. The number of nitrogens with one attached hydrogen (secondary N) is 1. The molecule has 4 nitrogen and oxygen atoms in total. The first-order chi connectivity index (χ1) is 12.5. The lowest BCUT2D eigenvalue weighted by Gasteiger charge is -2.11. The number of nitrogens with zero attached hydrogens (tertiary/aromatic N) is 2. The zero-order chi connectivity index (χ0) is 18.3. The van der Waals surface area contributed by atoms with Crippen molar-refractivity contribution in [1.29, 1.82) is 0 Å². The van der Waals surface area contributed by atoms with Gasteiger partial charge in [0.05, 0.1) is 5.02 Å². The van der Waals surface area contributed by atoms with E-state index < -0.39 is 0 Å². The van der Waals surface area contributed by atoms with Crippen molar-refractivity contribution >= 4 is 40.4 Å². The predicted molar refractivity (Wildman–Crippen MR) is 107 cm³/mol. The number of pyridine rings is 1. The van der Waals surface area contributed by atoms with Gasteiger partial charge >= 0.3 is 0 Å². The number of aromatic nitrogens is 2. The average Bonchev–Trinajstić information content (AvgIpc) is 2.96. The average molecular weight is 384 g/mol. The summed E-state index contributed by atoms with van der Waals surface area (Å²) in [5, 5.41) is 14.9. The maximum absolute atomic E-state index is 10.3. The Bertz CT molecular complexity index is 1120. The molecule has 4 rings (SSSR count). The van der Waals surface area contributed by atoms with Gasteiger partial charge in [0.15, 0.2) is 0 Å². The lowest BCUT2D eigenvalue weighted by atomic mass is 10.1. The molecule has 0 saturated carbocycles. The van der Waals surface area contributed by atoms with Gasteiger partial charge < -0.3 is 10.4 Å². The fourth-order valence-electron chi connectivity index (χ4n) is 2.81. The van der Waals surface area contributed by atoms with Crippen LogP contribution in [0, 0.1) is 6.92 Å². The molecule has 0 aliphatic heterocycles. The van der Waals surface area contributed by atoms with E-state index in [1.54, 1.807) is 24.4 Å². The highest BCUT2D eigenvalue weighted by atomic mass is 35.5. The molecule has 0 saturated heterocycles. The normalized spacial score (nSPS) is 11.0. The van der Waals surface area contributed by atoms with Crippen molar-refractivity contribution in [3.8, 4) is 17.0 Å². The summed E-state index contributed by atoms with van der Waals surface area (Å²) < 4.78 is 1.86. The first-order valence-corrected chi connectivity index (χ1v) is 8.77. The Hall–Kier alpha value is -2.69. The lowest BCUT2D eigenvalue weighted by Crippen LogP contribution is -1.97. The van der Waals surface area contributed by atoms with Crippen molar-refractivity contribution in [3.63, 3.8) is 0 Å². The van der Waals surface area contributed by atoms with Crippen molar-refractivity contribution < 1.29 is 5.11 Å². The zero-order valence-electron chi connectivity index (χ0n) is 13.9. The second-order valence-electron chi connectivity index (χ2n) is 5.99. The molecule has 130 valence electrons. The molecule has 0 bridgehead atoms. The Morgan fingerprint density at radius 1 is 1.04 bits per heavy atom. The summed E-state index contributed by atoms with van der Waals surface area (Å²) >= 11 is 12.4. The largest absolute Gasteiger partial charge is 0.507 e. The van der Waals surface area contributed by atoms with Gasteiger partial charge in [0, 0.05) is 22.5 Å². The molecule has 2 aromatic heterocycles. The van der Waals surface area contributed by atoms with E-state index in [1.807, 2.05) is 47.7 Å². The molecule has 0 spiro atoms. The van der Waals surface area contributed by atoms with E-state index in [4.69, 9.17) is 23.2 Å². The number of imidazole rings is 1. The summed E-state index contributed by atoms with van der Waals surface area (Å²) in [5.74, 6) is 0.857. The quantitative estimate of drug-likeness (QED) is 0.451. The molecule has 2 N–H and O–H groups in total. The van der Waals surface area contributed by atoms with Crippen LogP contribution in [0.1, 0.15) is 5.56 Å². The van der Waals surface area contributed by atoms with Crippen molar-refractivity contribution in [3.05, 3.63) is 76.4 Å². The van der Waals surface area contributed by atoms with E-state index in [0.717, 1.165) is 11.3 Å². The number of rotatable bonds is 3. The van der Waals surface area contributed by atoms with Gasteiger partial charge in [-0.2, -0.15) is 0 Å². The van der Waals surface area contributed by atoms with Crippen LogP contribution in [0.5, 0.6) is 5.75 Å². The Morgan fingerprint density at radius 3 is 2.62 bits per heavy atom. The molecule has 2 aromatic carbocycles. The number of hydrogen-bond acceptors (Lipinski definition) is 3. The summed E-state index contributed by atoms with van der Waals surface area (Å²) in [6.07, 6.45) is 1.78. The third-order valence-corrected chi connectivity index (χ3v) is 4.81. The molecule has 0 aliphatic rings. The van der Waals surface area contributed by atoms with Crippen LogP contribution in [0.25, 0.3) is 16.9 Å². The number of phenolic OH excluding ortho intramolecular Hbond substituents is 1. The Morgan fingerprint density at radius 2 is 1.85 bits per heavy atom. The van der Waals surface area contributed by atoms with E-state index in [0.29, 0.717) is 32.8 Å². The molecule has 0 unspecified atom stereocenters. The number of benzene rings is 2. The lowest BCUT2D eigenvalue weighted by molar-refractivity contribution is 0.477. The minimum absolute atomic E-state index is 0.159. The number of aryl methyl sites for hydroxylation is 1. The van der Waals surface area contributed by atoms with Gasteiger partial charge in [0.1, 0.15) is 22.9 Å². The van der Waals surface area contributed by atoms with Crippen molar-refractivity contribution in [2.45, 2.75) is 6.92 Å². The fourth-order valence-corrected chi connectivity index (χ4v) is 3.15. The second-order valence-corrected chi connectivity index (χ2v) is 6.83. The monoisotopic (exact) mass is 383 g/mol. The summed E-state index contributed by atoms with van der Waals surface area (Å²) in [5.41, 5.74) is 3.79. The number of anilines is 2. The highest BCUT2D eigenvalue weighted by molar-refractivity contribution is 6.31. The number of phenols is 1. The number of aromatic hydroxyl groups is 1. The van der Waals surface area contributed by atoms with Crippen LogP contribution in [-0.2, 0) is 0 Å². The molecule has 6 heteroatoms. The highest BCUT2D eigenvalue weighted by Crippen LogP contribution is 2.36. The molecule has 26 heavy (non-hydrogen) atoms. The third kappa shape index (κ3) is 2.98. The minimum atomic E-state index is 0.159.